The average molecular weight is 1160 g/mol. The van der Waals surface area contributed by atoms with Crippen molar-refractivity contribution < 1.29 is 0 Å². The maximum Gasteiger partial charge on any atom is 0.0998 e. The summed E-state index contributed by atoms with van der Waals surface area (Å²) in [6.45, 7) is 1.95. The molecule has 416 valence electrons. The molecule has 91 heavy (non-hydrogen) atoms. The summed E-state index contributed by atoms with van der Waals surface area (Å²) in [4.78, 5) is 9.39. The summed E-state index contributed by atoms with van der Waals surface area (Å²) in [6.07, 6.45) is 5.15. The van der Waals surface area contributed by atoms with Gasteiger partial charge >= 0.3 is 0 Å². The molecule has 0 bridgehead atoms. The first-order valence-electron chi connectivity index (χ1n) is 28.7. The molecule has 0 spiro atoms. The van der Waals surface area contributed by atoms with Crippen LogP contribution in [0.2, 0.25) is 0 Å². The van der Waals surface area contributed by atoms with Gasteiger partial charge in [0.25, 0.3) is 0 Å². The molecule has 0 aliphatic heterocycles. The van der Waals surface area contributed by atoms with Gasteiger partial charge in [-0.3, -0.25) is 9.97 Å². The van der Waals surface area contributed by atoms with Crippen molar-refractivity contribution in [1.82, 2.24) is 19.1 Å². The quantitative estimate of drug-likeness (QED) is 0.133. The van der Waals surface area contributed by atoms with Gasteiger partial charge in [-0.05, 0) is 167 Å². The first kappa shape index (κ1) is 54.9. The topological polar surface area (TPSA) is 226 Å². The lowest BCUT2D eigenvalue weighted by Crippen LogP contribution is -2.02. The van der Waals surface area contributed by atoms with E-state index in [1.54, 1.807) is 73.2 Å². The Balaban J connectivity index is 1.03. The van der Waals surface area contributed by atoms with Crippen LogP contribution in [-0.2, 0) is 0 Å². The summed E-state index contributed by atoms with van der Waals surface area (Å²) >= 11 is 0. The van der Waals surface area contributed by atoms with E-state index >= 15 is 0 Å². The third-order valence-electron chi connectivity index (χ3n) is 16.7. The second kappa shape index (κ2) is 22.5. The highest BCUT2D eigenvalue weighted by Crippen LogP contribution is 2.47. The second-order valence-electron chi connectivity index (χ2n) is 21.9. The van der Waals surface area contributed by atoms with E-state index < -0.39 is 0 Å². The molecule has 0 aliphatic rings. The Kier molecular flexibility index (Phi) is 13.6. The SMILES string of the molecule is Cc1cc(C#N)c(-c2ccnc(-c3cccc4c3c3ccc(-c5cc(C#N)cc(C#N)c5)cc3n4-c3cc(-c4ccncc4)c(C#N)cc3-c3ccccc3)c2)cc1-n1c2c(-c3cc(C#N)cc(C#N)c3)cccc2c2cccc(-c3cc(C#N)cc(C#N)c3)c21. The van der Waals surface area contributed by atoms with Gasteiger partial charge in [0.05, 0.1) is 127 Å². The maximum atomic E-state index is 11.2. The highest BCUT2D eigenvalue weighted by molar-refractivity contribution is 6.19. The smallest absolute Gasteiger partial charge is 0.0998 e. The lowest BCUT2D eigenvalue weighted by molar-refractivity contribution is 1.15. The molecule has 0 N–H and O–H groups in total. The van der Waals surface area contributed by atoms with E-state index in [0.717, 1.165) is 93.8 Å². The van der Waals surface area contributed by atoms with Crippen LogP contribution >= 0.6 is 0 Å². The molecule has 12 nitrogen and oxygen atoms in total. The van der Waals surface area contributed by atoms with E-state index in [4.69, 9.17) is 4.98 Å². The molecule has 0 fully saturated rings. The summed E-state index contributed by atoms with van der Waals surface area (Å²) in [7, 11) is 0. The van der Waals surface area contributed by atoms with Gasteiger partial charge in [0, 0.05) is 79.2 Å². The molecule has 0 atom stereocenters. The van der Waals surface area contributed by atoms with Gasteiger partial charge in [0.15, 0.2) is 0 Å². The van der Waals surface area contributed by atoms with Crippen molar-refractivity contribution in [2.24, 2.45) is 0 Å². The lowest BCUT2D eigenvalue weighted by atomic mass is 9.93. The number of aromatic nitrogens is 4. The number of para-hydroxylation sites is 2. The molecular weight excluding hydrogens is 1120 g/mol. The standard InChI is InChI=1S/C79H40N12/c1-47-24-61(45-86)70(37-74(47)91-78-63(59-30-50(41-82)26-51(31-59)42-83)10-5-12-65(78)66-13-6-11-64(79(66)91)60-32-52(43-84)27-53(33-60)44-85)57-20-23-89-72(35-57)67-14-7-15-73-77(67)68-17-16-56(58-28-48(39-80)25-49(29-58)40-81)36-75(68)90(73)76-38-69(55-18-21-88-22-19-55)62(46-87)34-71(76)54-8-3-2-4-9-54/h2-38H,1H3. The number of hydrogen-bond acceptors (Lipinski definition) is 10. The van der Waals surface area contributed by atoms with Crippen molar-refractivity contribution in [3.05, 3.63) is 275 Å². The molecule has 10 aromatic carbocycles. The van der Waals surface area contributed by atoms with Crippen LogP contribution < -0.4 is 0 Å². The zero-order valence-corrected chi connectivity index (χ0v) is 48.2. The number of pyridine rings is 2. The van der Waals surface area contributed by atoms with Gasteiger partial charge in [-0.1, -0.05) is 91.0 Å². The number of hydrogen-bond donors (Lipinski definition) is 0. The van der Waals surface area contributed by atoms with Crippen LogP contribution in [-0.4, -0.2) is 19.1 Å². The molecule has 0 saturated heterocycles. The number of benzene rings is 10. The van der Waals surface area contributed by atoms with Gasteiger partial charge in [-0.15, -0.1) is 0 Å². The Hall–Kier alpha value is -14.0. The molecule has 0 radical (unpaired) electrons. The van der Waals surface area contributed by atoms with Crippen molar-refractivity contribution in [1.29, 1.82) is 42.1 Å². The largest absolute Gasteiger partial charge is 0.309 e. The molecule has 12 heteroatoms. The summed E-state index contributed by atoms with van der Waals surface area (Å²) < 4.78 is 4.36. The van der Waals surface area contributed by atoms with Gasteiger partial charge in [0.1, 0.15) is 0 Å². The van der Waals surface area contributed by atoms with Crippen molar-refractivity contribution in [3.63, 3.8) is 0 Å². The van der Waals surface area contributed by atoms with Crippen LogP contribution in [0, 0.1) is 97.6 Å². The molecule has 0 aliphatic carbocycles. The highest BCUT2D eigenvalue weighted by atomic mass is 15.0. The third-order valence-corrected chi connectivity index (χ3v) is 16.7. The summed E-state index contributed by atoms with van der Waals surface area (Å²) in [5, 5.41) is 86.5. The zero-order valence-electron chi connectivity index (χ0n) is 48.2. The molecular formula is C79H40N12. The zero-order chi connectivity index (χ0) is 62.4. The number of nitriles is 8. The summed E-state index contributed by atoms with van der Waals surface area (Å²) in [6, 6.07) is 83.2. The van der Waals surface area contributed by atoms with Gasteiger partial charge < -0.3 is 9.13 Å². The number of nitrogens with zero attached hydrogens (tertiary/aromatic N) is 12. The van der Waals surface area contributed by atoms with Gasteiger partial charge in [-0.2, -0.15) is 42.1 Å². The van der Waals surface area contributed by atoms with E-state index in [9.17, 15) is 42.1 Å². The van der Waals surface area contributed by atoms with E-state index in [-0.39, 0.29) is 0 Å². The Morgan fingerprint density at radius 2 is 0.813 bits per heavy atom. The number of aryl methyl sites for hydroxylation is 1. The third kappa shape index (κ3) is 9.35. The van der Waals surface area contributed by atoms with E-state index in [1.165, 1.54) is 0 Å². The van der Waals surface area contributed by atoms with Crippen molar-refractivity contribution in [3.8, 4) is 138 Å². The molecule has 4 heterocycles. The lowest BCUT2D eigenvalue weighted by Gasteiger charge is -2.18. The Morgan fingerprint density at radius 3 is 1.38 bits per heavy atom. The first-order valence-corrected chi connectivity index (χ1v) is 28.7. The van der Waals surface area contributed by atoms with E-state index in [2.05, 4.69) is 86.9 Å². The number of rotatable bonds is 9. The minimum Gasteiger partial charge on any atom is -0.309 e. The molecule has 4 aromatic heterocycles. The van der Waals surface area contributed by atoms with Crippen molar-refractivity contribution in [2.75, 3.05) is 0 Å². The number of fused-ring (bicyclic) bond motifs is 6. The molecule has 14 rings (SSSR count). The van der Waals surface area contributed by atoms with Crippen LogP contribution in [0.25, 0.3) is 133 Å². The highest BCUT2D eigenvalue weighted by Gasteiger charge is 2.26. The monoisotopic (exact) mass is 1160 g/mol. The van der Waals surface area contributed by atoms with Crippen LogP contribution in [0.1, 0.15) is 50.1 Å². The average Bonchev–Trinajstić information content (AvgIpc) is 1.59. The van der Waals surface area contributed by atoms with Crippen LogP contribution in [0.5, 0.6) is 0 Å². The van der Waals surface area contributed by atoms with Crippen LogP contribution in [0.15, 0.2) is 225 Å². The molecule has 14 aromatic rings. The second-order valence-corrected chi connectivity index (χ2v) is 21.9. The molecule has 0 unspecified atom stereocenters. The Bertz CT molecular complexity index is 5600. The molecule has 0 saturated carbocycles. The van der Waals surface area contributed by atoms with Crippen LogP contribution in [0.4, 0.5) is 0 Å². The first-order chi connectivity index (χ1) is 44.6. The van der Waals surface area contributed by atoms with E-state index in [0.29, 0.717) is 89.3 Å². The Morgan fingerprint density at radius 1 is 0.308 bits per heavy atom. The Labute approximate surface area is 521 Å². The molecule has 0 amide bonds. The van der Waals surface area contributed by atoms with Gasteiger partial charge in [0.2, 0.25) is 0 Å². The normalized spacial score (nSPS) is 10.8. The van der Waals surface area contributed by atoms with Gasteiger partial charge in [-0.25, -0.2) is 0 Å². The fourth-order valence-electron chi connectivity index (χ4n) is 12.8. The fourth-order valence-corrected chi connectivity index (χ4v) is 12.8. The van der Waals surface area contributed by atoms with E-state index in [1.807, 2.05) is 134 Å². The van der Waals surface area contributed by atoms with Crippen molar-refractivity contribution >= 4 is 43.6 Å². The minimum absolute atomic E-state index is 0.320. The summed E-state index contributed by atoms with van der Waals surface area (Å²) in [5.41, 5.74) is 18.4. The predicted molar refractivity (Wildman–Crippen MR) is 351 cm³/mol. The fraction of sp³-hybridized carbons (Fsp3) is 0.0127. The maximum absolute atomic E-state index is 11.2. The van der Waals surface area contributed by atoms with Crippen molar-refractivity contribution in [2.45, 2.75) is 6.92 Å². The minimum atomic E-state index is 0.320. The predicted octanol–water partition coefficient (Wildman–Crippen LogP) is 17.6. The van der Waals surface area contributed by atoms with Crippen LogP contribution in [0.3, 0.4) is 0 Å². The summed E-state index contributed by atoms with van der Waals surface area (Å²) in [5.74, 6) is 0.